The summed E-state index contributed by atoms with van der Waals surface area (Å²) in [5.74, 6) is -1.53. The molecular weight excluding hydrogens is 502 g/mol. The largest absolute Gasteiger partial charge is 0.463 e. The van der Waals surface area contributed by atoms with E-state index in [1.807, 2.05) is 6.92 Å². The molecule has 0 aromatic heterocycles. The minimum absolute atomic E-state index is 0.0511. The molecule has 202 valence electrons. The highest BCUT2D eigenvalue weighted by atomic mass is 32.2. The second-order valence-electron chi connectivity index (χ2n) is 8.90. The van der Waals surface area contributed by atoms with Gasteiger partial charge in [0.2, 0.25) is 5.91 Å². The minimum Gasteiger partial charge on any atom is -0.463 e. The van der Waals surface area contributed by atoms with Crippen LogP contribution in [-0.4, -0.2) is 56.8 Å². The van der Waals surface area contributed by atoms with E-state index in [4.69, 9.17) is 9.47 Å². The molecule has 1 aliphatic heterocycles. The molecule has 0 aliphatic carbocycles. The van der Waals surface area contributed by atoms with Crippen molar-refractivity contribution in [3.8, 4) is 0 Å². The van der Waals surface area contributed by atoms with Gasteiger partial charge in [-0.2, -0.15) is 0 Å². The summed E-state index contributed by atoms with van der Waals surface area (Å²) in [6.45, 7) is 8.54. The number of nitrogens with zero attached hydrogens (tertiary/aromatic N) is 2. The predicted octanol–water partition coefficient (Wildman–Crippen LogP) is 3.46. The summed E-state index contributed by atoms with van der Waals surface area (Å²) in [7, 11) is 0. The second kappa shape index (κ2) is 13.8. The van der Waals surface area contributed by atoms with E-state index in [2.05, 4.69) is 5.32 Å². The maximum Gasteiger partial charge on any atom is 0.355 e. The molecule has 2 unspecified atom stereocenters. The number of likely N-dealkylation sites (tertiary alicyclic amines) is 1. The summed E-state index contributed by atoms with van der Waals surface area (Å²) in [6, 6.07) is 4.74. The number of rotatable bonds is 13. The molecule has 2 atom stereocenters. The van der Waals surface area contributed by atoms with Crippen molar-refractivity contribution in [2.24, 2.45) is 0 Å². The van der Waals surface area contributed by atoms with Crippen LogP contribution in [0.25, 0.3) is 0 Å². The number of thioether (sulfide) groups is 1. The number of carbonyl (C=O) groups excluding carboxylic acids is 4. The van der Waals surface area contributed by atoms with Crippen LogP contribution >= 0.6 is 11.8 Å². The predicted molar refractivity (Wildman–Crippen MR) is 137 cm³/mol. The van der Waals surface area contributed by atoms with Crippen molar-refractivity contribution in [1.29, 1.82) is 0 Å². The normalized spacial score (nSPS) is 16.6. The number of nitrogens with one attached hydrogen (secondary N) is 1. The first-order valence-electron chi connectivity index (χ1n) is 12.0. The minimum atomic E-state index is -0.845. The average Bonchev–Trinajstić information content (AvgIpc) is 2.82. The number of allylic oxidation sites excluding steroid dienone is 1. The lowest BCUT2D eigenvalue weighted by molar-refractivity contribution is -0.384. The molecule has 1 aromatic rings. The van der Waals surface area contributed by atoms with E-state index in [0.717, 1.165) is 0 Å². The van der Waals surface area contributed by atoms with E-state index in [9.17, 15) is 29.3 Å². The smallest absolute Gasteiger partial charge is 0.355 e. The van der Waals surface area contributed by atoms with Crippen molar-refractivity contribution >= 4 is 41.2 Å². The highest BCUT2D eigenvalue weighted by Crippen LogP contribution is 2.36. The van der Waals surface area contributed by atoms with Gasteiger partial charge >= 0.3 is 11.9 Å². The van der Waals surface area contributed by atoms with Crippen molar-refractivity contribution in [2.45, 2.75) is 78.0 Å². The van der Waals surface area contributed by atoms with Crippen LogP contribution in [0.5, 0.6) is 0 Å². The number of non-ortho nitro benzene ring substituents is 1. The van der Waals surface area contributed by atoms with Gasteiger partial charge in [-0.15, -0.1) is 11.8 Å². The second-order valence-corrected chi connectivity index (χ2v) is 10.1. The molecule has 0 radical (unpaired) electrons. The molecule has 1 heterocycles. The Bertz CT molecular complexity index is 1050. The number of ether oxygens (including phenoxy) is 2. The Morgan fingerprint density at radius 1 is 1.16 bits per heavy atom. The zero-order valence-corrected chi connectivity index (χ0v) is 22.5. The van der Waals surface area contributed by atoms with Gasteiger partial charge in [0.25, 0.3) is 11.6 Å². The Hall–Kier alpha value is -3.41. The van der Waals surface area contributed by atoms with E-state index >= 15 is 0 Å². The van der Waals surface area contributed by atoms with Crippen molar-refractivity contribution < 1.29 is 33.6 Å². The number of carbonyl (C=O) groups is 4. The van der Waals surface area contributed by atoms with E-state index in [-0.39, 0.29) is 48.8 Å². The maximum atomic E-state index is 13.1. The molecule has 1 aliphatic rings. The van der Waals surface area contributed by atoms with Crippen LogP contribution in [0.3, 0.4) is 0 Å². The molecule has 1 fully saturated rings. The Morgan fingerprint density at radius 3 is 2.35 bits per heavy atom. The SMILES string of the molecule is CCCC(=O)NC1C(=O)N(C(C(=O)OCc2ccc([N+](=O)[O-])cc2)=C(C)C)C1SCCC(=O)OC(C)C. The van der Waals surface area contributed by atoms with Gasteiger partial charge in [-0.05, 0) is 57.4 Å². The number of amides is 2. The summed E-state index contributed by atoms with van der Waals surface area (Å²) < 4.78 is 10.6. The number of esters is 2. The zero-order chi connectivity index (χ0) is 27.7. The van der Waals surface area contributed by atoms with Crippen LogP contribution in [0.2, 0.25) is 0 Å². The van der Waals surface area contributed by atoms with E-state index in [1.165, 1.54) is 40.9 Å². The van der Waals surface area contributed by atoms with Crippen molar-refractivity contribution in [3.05, 3.63) is 51.2 Å². The topological polar surface area (TPSA) is 145 Å². The summed E-state index contributed by atoms with van der Waals surface area (Å²) >= 11 is 1.26. The zero-order valence-electron chi connectivity index (χ0n) is 21.6. The third-order valence-electron chi connectivity index (χ3n) is 5.22. The molecule has 0 saturated carbocycles. The molecular formula is C25H33N3O8S. The molecule has 11 nitrogen and oxygen atoms in total. The quantitative estimate of drug-likeness (QED) is 0.132. The lowest BCUT2D eigenvalue weighted by Crippen LogP contribution is -2.69. The van der Waals surface area contributed by atoms with Crippen LogP contribution in [-0.2, 0) is 35.3 Å². The van der Waals surface area contributed by atoms with Gasteiger partial charge in [0.1, 0.15) is 23.7 Å². The molecule has 0 spiro atoms. The highest BCUT2D eigenvalue weighted by molar-refractivity contribution is 8.00. The van der Waals surface area contributed by atoms with Gasteiger partial charge < -0.3 is 14.8 Å². The molecule has 0 bridgehead atoms. The van der Waals surface area contributed by atoms with Crippen molar-refractivity contribution in [3.63, 3.8) is 0 Å². The number of benzene rings is 1. The van der Waals surface area contributed by atoms with Gasteiger partial charge in [-0.1, -0.05) is 6.92 Å². The van der Waals surface area contributed by atoms with Crippen molar-refractivity contribution in [2.75, 3.05) is 5.75 Å². The Morgan fingerprint density at radius 2 is 1.81 bits per heavy atom. The molecule has 1 saturated heterocycles. The Labute approximate surface area is 220 Å². The van der Waals surface area contributed by atoms with Crippen LogP contribution < -0.4 is 5.32 Å². The van der Waals surface area contributed by atoms with Gasteiger partial charge in [0.05, 0.1) is 17.4 Å². The number of hydrogen-bond donors (Lipinski definition) is 1. The highest BCUT2D eigenvalue weighted by Gasteiger charge is 2.51. The number of nitro benzene ring substituents is 1. The molecule has 2 amide bonds. The third-order valence-corrected chi connectivity index (χ3v) is 6.49. The fourth-order valence-corrected chi connectivity index (χ4v) is 4.80. The molecule has 2 rings (SSSR count). The van der Waals surface area contributed by atoms with Gasteiger partial charge in [0.15, 0.2) is 0 Å². The van der Waals surface area contributed by atoms with Gasteiger partial charge in [-0.3, -0.25) is 29.4 Å². The Kier molecular flexibility index (Phi) is 11.1. The van der Waals surface area contributed by atoms with E-state index < -0.39 is 28.2 Å². The fraction of sp³-hybridized carbons (Fsp3) is 0.520. The van der Waals surface area contributed by atoms with Crippen LogP contribution in [0, 0.1) is 10.1 Å². The molecule has 12 heteroatoms. The number of hydrogen-bond acceptors (Lipinski definition) is 9. The lowest BCUT2D eigenvalue weighted by Gasteiger charge is -2.47. The third kappa shape index (κ3) is 8.31. The first-order chi connectivity index (χ1) is 17.5. The molecule has 1 aromatic carbocycles. The average molecular weight is 536 g/mol. The summed E-state index contributed by atoms with van der Waals surface area (Å²) in [5, 5.41) is 12.9. The van der Waals surface area contributed by atoms with E-state index in [0.29, 0.717) is 23.3 Å². The lowest BCUT2D eigenvalue weighted by atomic mass is 10.0. The first kappa shape index (κ1) is 29.8. The first-order valence-corrected chi connectivity index (χ1v) is 13.0. The molecule has 37 heavy (non-hydrogen) atoms. The van der Waals surface area contributed by atoms with Crippen molar-refractivity contribution in [1.82, 2.24) is 10.2 Å². The van der Waals surface area contributed by atoms with Gasteiger partial charge in [-0.25, -0.2) is 4.79 Å². The summed E-state index contributed by atoms with van der Waals surface area (Å²) in [5.41, 5.74) is 1.04. The van der Waals surface area contributed by atoms with Crippen LogP contribution in [0.4, 0.5) is 5.69 Å². The fourth-order valence-electron chi connectivity index (χ4n) is 3.54. The summed E-state index contributed by atoms with van der Waals surface area (Å²) in [6.07, 6.45) is 0.729. The monoisotopic (exact) mass is 535 g/mol. The molecule has 1 N–H and O–H groups in total. The van der Waals surface area contributed by atoms with Crippen LogP contribution in [0.15, 0.2) is 35.5 Å². The van der Waals surface area contributed by atoms with Gasteiger partial charge in [0, 0.05) is 24.3 Å². The standard InChI is InChI=1S/C25H33N3O8S/c1-6-7-19(29)26-21-23(31)27(24(21)37-13-12-20(30)36-16(4)5)22(15(2)3)25(32)35-14-17-8-10-18(11-9-17)28(33)34/h8-11,16,21,24H,6-7,12-14H2,1-5H3,(H,26,29). The van der Waals surface area contributed by atoms with Crippen LogP contribution in [0.1, 0.15) is 59.4 Å². The summed E-state index contributed by atoms with van der Waals surface area (Å²) in [4.78, 5) is 61.9. The number of nitro groups is 1. The number of β-lactam (4-membered cyclic amide) rings is 1. The maximum absolute atomic E-state index is 13.1. The Balaban J connectivity index is 2.15. The van der Waals surface area contributed by atoms with E-state index in [1.54, 1.807) is 27.7 Å².